The molecule has 3 rings (SSSR count). The van der Waals surface area contributed by atoms with Gasteiger partial charge in [-0.2, -0.15) is 13.2 Å². The quantitative estimate of drug-likeness (QED) is 0.137. The van der Waals surface area contributed by atoms with Gasteiger partial charge in [0.05, 0.1) is 44.2 Å². The molecule has 1 unspecified atom stereocenters. The van der Waals surface area contributed by atoms with Gasteiger partial charge in [0.2, 0.25) is 0 Å². The zero-order chi connectivity index (χ0) is 34.4. The number of halogens is 3. The Kier molecular flexibility index (Phi) is 12.3. The number of aliphatic imine (C=N–C) groups is 1. The van der Waals surface area contributed by atoms with Crippen LogP contribution in [-0.4, -0.2) is 56.7 Å². The topological polar surface area (TPSA) is 94.0 Å². The molecule has 0 fully saturated rings. The highest BCUT2D eigenvalue weighted by molar-refractivity contribution is 7.48. The number of hydrogen-bond acceptors (Lipinski definition) is 9. The lowest BCUT2D eigenvalue weighted by Gasteiger charge is -2.33. The molecule has 0 amide bonds. The molecule has 0 radical (unpaired) electrons. The smallest absolute Gasteiger partial charge is 0.475 e. The lowest BCUT2D eigenvalue weighted by atomic mass is 9.93. The molecule has 13 heteroatoms. The molecule has 0 N–H and O–H groups in total. The Labute approximate surface area is 270 Å². The van der Waals surface area contributed by atoms with Crippen LogP contribution in [0.2, 0.25) is 0 Å². The van der Waals surface area contributed by atoms with Crippen molar-refractivity contribution in [2.24, 2.45) is 4.99 Å². The summed E-state index contributed by atoms with van der Waals surface area (Å²) in [4.78, 5) is 4.59. The molecule has 1 aliphatic rings. The van der Waals surface area contributed by atoms with Crippen LogP contribution in [0.3, 0.4) is 0 Å². The molecule has 1 aliphatic heterocycles. The minimum absolute atomic E-state index is 0.0931. The summed E-state index contributed by atoms with van der Waals surface area (Å²) in [5.41, 5.74) is -2.14. The van der Waals surface area contributed by atoms with Crippen LogP contribution < -0.4 is 14.2 Å². The fourth-order valence-electron chi connectivity index (χ4n) is 4.80. The summed E-state index contributed by atoms with van der Waals surface area (Å²) in [6.07, 6.45) is -3.06. The Balaban J connectivity index is 1.70. The zero-order valence-corrected chi connectivity index (χ0v) is 29.1. The number of alkyl halides is 3. The van der Waals surface area contributed by atoms with Crippen LogP contribution in [0.5, 0.6) is 17.2 Å². The predicted molar refractivity (Wildman–Crippen MR) is 170 cm³/mol. The van der Waals surface area contributed by atoms with Crippen LogP contribution in [0, 0.1) is 0 Å². The Morgan fingerprint density at radius 3 is 1.98 bits per heavy atom. The predicted octanol–water partition coefficient (Wildman–Crippen LogP) is 8.61. The summed E-state index contributed by atoms with van der Waals surface area (Å²) in [5.74, 6) is 1.35. The zero-order valence-electron chi connectivity index (χ0n) is 28.2. The highest BCUT2D eigenvalue weighted by Gasteiger charge is 2.43. The Hall–Kier alpha value is -2.79. The van der Waals surface area contributed by atoms with Crippen molar-refractivity contribution in [2.45, 2.75) is 97.1 Å². The van der Waals surface area contributed by atoms with Crippen LogP contribution in [0.15, 0.2) is 41.4 Å². The van der Waals surface area contributed by atoms with Gasteiger partial charge in [-0.3, -0.25) is 13.6 Å². The maximum absolute atomic E-state index is 14.1. The number of rotatable bonds is 15. The number of nitrogens with zero attached hydrogens (tertiary/aromatic N) is 1. The van der Waals surface area contributed by atoms with E-state index in [1.165, 1.54) is 6.07 Å². The second-order valence-electron chi connectivity index (χ2n) is 13.2. The minimum Gasteiger partial charge on any atom is -0.493 e. The monoisotopic (exact) mass is 673 g/mol. The second-order valence-corrected chi connectivity index (χ2v) is 14.8. The van der Waals surface area contributed by atoms with E-state index in [1.807, 2.05) is 12.1 Å². The molecule has 0 spiro atoms. The van der Waals surface area contributed by atoms with Crippen molar-refractivity contribution in [3.63, 3.8) is 0 Å². The molecular weight excluding hydrogens is 626 g/mol. The molecule has 2 aromatic carbocycles. The first kappa shape index (κ1) is 37.7. The SMILES string of the molecule is COc1ccc(CCCOc2ccc(CCC3(COP(=O)(OC(C)(C)C)OC(C)(C)C)COC(C)=N3)cc2C(F)(F)F)cc1OC. The lowest BCUT2D eigenvalue weighted by molar-refractivity contribution is -0.139. The van der Waals surface area contributed by atoms with E-state index in [0.717, 1.165) is 11.6 Å². The van der Waals surface area contributed by atoms with E-state index in [0.29, 0.717) is 35.8 Å². The molecule has 1 atom stereocenters. The first-order valence-corrected chi connectivity index (χ1v) is 16.6. The maximum atomic E-state index is 14.1. The largest absolute Gasteiger partial charge is 0.493 e. The first-order valence-electron chi connectivity index (χ1n) is 15.1. The molecule has 2 aromatic rings. The number of phosphoric ester groups is 1. The van der Waals surface area contributed by atoms with Crippen molar-refractivity contribution < 1.29 is 50.3 Å². The standard InChI is InChI=1S/C33H47F3NO8P/c1-23-37-32(21-42-23,22-43-46(38,44-30(2,3)4)45-31(5,6)7)17-16-25-12-14-27(26(19-25)33(34,35)36)41-18-10-11-24-13-15-28(39-8)29(20-24)40-9/h12-15,19-20H,10-11,16-18,21-22H2,1-9H3. The molecular formula is C33H47F3NO8P. The molecule has 0 aromatic heterocycles. The van der Waals surface area contributed by atoms with Crippen molar-refractivity contribution in [3.05, 3.63) is 53.1 Å². The number of methoxy groups -OCH3 is 2. The van der Waals surface area contributed by atoms with Crippen LogP contribution in [-0.2, 0) is 41.9 Å². The normalized spacial score (nSPS) is 17.4. The van der Waals surface area contributed by atoms with Crippen LogP contribution in [0.1, 0.15) is 78.0 Å². The minimum atomic E-state index is -4.62. The molecule has 9 nitrogen and oxygen atoms in total. The number of phosphoric acid groups is 1. The van der Waals surface area contributed by atoms with E-state index in [2.05, 4.69) is 4.99 Å². The van der Waals surface area contributed by atoms with E-state index in [1.54, 1.807) is 74.8 Å². The highest BCUT2D eigenvalue weighted by Crippen LogP contribution is 2.56. The molecule has 46 heavy (non-hydrogen) atoms. The number of benzene rings is 2. The fourth-order valence-corrected chi connectivity index (χ4v) is 6.69. The number of ether oxygens (including phenoxy) is 4. The Morgan fingerprint density at radius 2 is 1.46 bits per heavy atom. The van der Waals surface area contributed by atoms with Crippen LogP contribution in [0.25, 0.3) is 0 Å². The van der Waals surface area contributed by atoms with Gasteiger partial charge in [0.25, 0.3) is 0 Å². The molecule has 0 bridgehead atoms. The van der Waals surface area contributed by atoms with E-state index in [-0.39, 0.29) is 38.4 Å². The van der Waals surface area contributed by atoms with Gasteiger partial charge in [-0.15, -0.1) is 0 Å². The van der Waals surface area contributed by atoms with Gasteiger partial charge in [0.15, 0.2) is 17.4 Å². The molecule has 0 saturated heterocycles. The third kappa shape index (κ3) is 11.5. The summed E-state index contributed by atoms with van der Waals surface area (Å²) in [5, 5.41) is 0. The average Bonchev–Trinajstić information content (AvgIpc) is 3.31. The number of aryl methyl sites for hydroxylation is 2. The van der Waals surface area contributed by atoms with Crippen LogP contribution >= 0.6 is 7.82 Å². The molecule has 0 aliphatic carbocycles. The summed E-state index contributed by atoms with van der Waals surface area (Å²) in [6.45, 7) is 12.1. The molecule has 1 heterocycles. The van der Waals surface area contributed by atoms with Crippen LogP contribution in [0.4, 0.5) is 13.2 Å². The fraction of sp³-hybridized carbons (Fsp3) is 0.606. The summed E-state index contributed by atoms with van der Waals surface area (Å²) in [6, 6.07) is 9.55. The van der Waals surface area contributed by atoms with Gasteiger partial charge in [-0.05, 0) is 103 Å². The summed E-state index contributed by atoms with van der Waals surface area (Å²) >= 11 is 0. The second kappa shape index (κ2) is 15.0. The van der Waals surface area contributed by atoms with Gasteiger partial charge in [0.1, 0.15) is 17.9 Å². The van der Waals surface area contributed by atoms with Gasteiger partial charge in [0, 0.05) is 6.92 Å². The average molecular weight is 674 g/mol. The van der Waals surface area contributed by atoms with Gasteiger partial charge < -0.3 is 18.9 Å². The number of hydrogen-bond donors (Lipinski definition) is 0. The third-order valence-corrected chi connectivity index (χ3v) is 8.74. The lowest BCUT2D eigenvalue weighted by Crippen LogP contribution is -2.36. The Bertz CT molecular complexity index is 1380. The van der Waals surface area contributed by atoms with Crippen molar-refractivity contribution >= 4 is 13.7 Å². The van der Waals surface area contributed by atoms with E-state index in [9.17, 15) is 17.7 Å². The first-order chi connectivity index (χ1) is 21.3. The molecule has 258 valence electrons. The van der Waals surface area contributed by atoms with E-state index >= 15 is 0 Å². The highest BCUT2D eigenvalue weighted by atomic mass is 31.2. The summed E-state index contributed by atoms with van der Waals surface area (Å²) in [7, 11) is -0.962. The van der Waals surface area contributed by atoms with E-state index in [4.69, 9.17) is 32.5 Å². The van der Waals surface area contributed by atoms with E-state index < -0.39 is 36.3 Å². The van der Waals surface area contributed by atoms with Crippen molar-refractivity contribution in [2.75, 3.05) is 34.0 Å². The van der Waals surface area contributed by atoms with Crippen molar-refractivity contribution in [1.29, 1.82) is 0 Å². The molecule has 0 saturated carbocycles. The third-order valence-electron chi connectivity index (χ3n) is 6.75. The van der Waals surface area contributed by atoms with Crippen molar-refractivity contribution in [1.82, 2.24) is 0 Å². The Morgan fingerprint density at radius 1 is 0.870 bits per heavy atom. The van der Waals surface area contributed by atoms with Gasteiger partial charge in [-0.1, -0.05) is 12.1 Å². The summed E-state index contributed by atoms with van der Waals surface area (Å²) < 4.78 is 95.1. The van der Waals surface area contributed by atoms with Crippen molar-refractivity contribution in [3.8, 4) is 17.2 Å². The van der Waals surface area contributed by atoms with Gasteiger partial charge in [-0.25, -0.2) is 9.56 Å². The maximum Gasteiger partial charge on any atom is 0.475 e. The van der Waals surface area contributed by atoms with Gasteiger partial charge >= 0.3 is 14.0 Å².